The van der Waals surface area contributed by atoms with Crippen LogP contribution < -0.4 is 5.56 Å². The van der Waals surface area contributed by atoms with Crippen LogP contribution in [0, 0.1) is 11.3 Å². The molecule has 3 aromatic rings. The molecule has 5 nitrogen and oxygen atoms in total. The van der Waals surface area contributed by atoms with Gasteiger partial charge in [-0.25, -0.2) is 4.98 Å². The third-order valence-corrected chi connectivity index (χ3v) is 4.02. The molecule has 0 aliphatic carbocycles. The molecule has 0 aliphatic rings. The van der Waals surface area contributed by atoms with E-state index in [0.717, 1.165) is 12.0 Å². The van der Waals surface area contributed by atoms with Crippen LogP contribution in [0.2, 0.25) is 0 Å². The van der Waals surface area contributed by atoms with E-state index in [2.05, 4.69) is 29.5 Å². The molecule has 0 fully saturated rings. The second-order valence-electron chi connectivity index (χ2n) is 5.15. The Morgan fingerprint density at radius 1 is 1.25 bits per heavy atom. The zero-order chi connectivity index (χ0) is 17.1. The quantitative estimate of drug-likeness (QED) is 0.590. The number of benzene rings is 1. The maximum Gasteiger partial charge on any atom is 0.277 e. The summed E-state index contributed by atoms with van der Waals surface area (Å²) in [6.45, 7) is 2.06. The predicted octanol–water partition coefficient (Wildman–Crippen LogP) is 3.02. The molecule has 24 heavy (non-hydrogen) atoms. The molecule has 0 N–H and O–H groups in total. The van der Waals surface area contributed by atoms with E-state index in [9.17, 15) is 10.1 Å². The topological polar surface area (TPSA) is 71.6 Å². The monoisotopic (exact) mass is 334 g/mol. The van der Waals surface area contributed by atoms with Crippen molar-refractivity contribution < 1.29 is 0 Å². The molecular weight excluding hydrogens is 320 g/mol. The van der Waals surface area contributed by atoms with Crippen molar-refractivity contribution in [3.63, 3.8) is 0 Å². The van der Waals surface area contributed by atoms with Crippen molar-refractivity contribution in [2.75, 3.05) is 0 Å². The Morgan fingerprint density at radius 2 is 2.00 bits per heavy atom. The minimum atomic E-state index is -0.444. The second-order valence-corrected chi connectivity index (χ2v) is 5.57. The Kier molecular flexibility index (Phi) is 4.45. The number of nitrogens with zero attached hydrogens (tertiary/aromatic N) is 4. The highest BCUT2D eigenvalue weighted by atomic mass is 32.1. The van der Waals surface area contributed by atoms with Gasteiger partial charge in [0.25, 0.3) is 5.56 Å². The van der Waals surface area contributed by atoms with E-state index in [-0.39, 0.29) is 10.6 Å². The number of aromatic nitrogens is 3. The van der Waals surface area contributed by atoms with Crippen LogP contribution in [-0.2, 0) is 6.42 Å². The van der Waals surface area contributed by atoms with Crippen molar-refractivity contribution in [3.8, 4) is 23.1 Å². The van der Waals surface area contributed by atoms with E-state index in [4.69, 9.17) is 0 Å². The van der Waals surface area contributed by atoms with Gasteiger partial charge in [0.05, 0.1) is 5.69 Å². The van der Waals surface area contributed by atoms with Crippen molar-refractivity contribution in [3.05, 3.63) is 70.3 Å². The lowest BCUT2D eigenvalue weighted by Gasteiger charge is -2.14. The van der Waals surface area contributed by atoms with E-state index in [1.807, 2.05) is 36.4 Å². The fourth-order valence-corrected chi connectivity index (χ4v) is 2.66. The Balaban J connectivity index is 2.33. The summed E-state index contributed by atoms with van der Waals surface area (Å²) in [6.07, 6.45) is 4.17. The lowest BCUT2D eigenvalue weighted by atomic mass is 10.1. The minimum absolute atomic E-state index is 0.0782. The fourth-order valence-electron chi connectivity index (χ4n) is 2.42. The molecule has 2 aromatic heterocycles. The first-order valence-corrected chi connectivity index (χ1v) is 7.86. The summed E-state index contributed by atoms with van der Waals surface area (Å²) >= 11 is 4.19. The summed E-state index contributed by atoms with van der Waals surface area (Å²) in [5, 5.41) is 9.36. The normalized spacial score (nSPS) is 10.4. The maximum absolute atomic E-state index is 12.8. The molecule has 2 heterocycles. The third kappa shape index (κ3) is 2.82. The van der Waals surface area contributed by atoms with Gasteiger partial charge >= 0.3 is 0 Å². The van der Waals surface area contributed by atoms with E-state index >= 15 is 0 Å². The first-order chi connectivity index (χ1) is 11.7. The summed E-state index contributed by atoms with van der Waals surface area (Å²) < 4.78 is 1.43. The van der Waals surface area contributed by atoms with E-state index < -0.39 is 5.56 Å². The van der Waals surface area contributed by atoms with Gasteiger partial charge < -0.3 is 0 Å². The van der Waals surface area contributed by atoms with Crippen LogP contribution in [0.1, 0.15) is 18.1 Å². The molecule has 0 unspecified atom stereocenters. The smallest absolute Gasteiger partial charge is 0.267 e. The Morgan fingerprint density at radius 3 is 2.58 bits per heavy atom. The molecule has 0 bridgehead atoms. The van der Waals surface area contributed by atoms with Crippen molar-refractivity contribution in [2.24, 2.45) is 0 Å². The zero-order valence-electron chi connectivity index (χ0n) is 13.0. The molecular formula is C18H14N4OS. The Bertz CT molecular complexity index is 973. The number of pyridine rings is 1. The van der Waals surface area contributed by atoms with Gasteiger partial charge in [0, 0.05) is 18.0 Å². The third-order valence-electron chi connectivity index (χ3n) is 3.70. The number of rotatable bonds is 3. The number of aryl methyl sites for hydroxylation is 1. The van der Waals surface area contributed by atoms with Gasteiger partial charge in [-0.3, -0.25) is 14.3 Å². The first-order valence-electron chi connectivity index (χ1n) is 7.41. The van der Waals surface area contributed by atoms with Gasteiger partial charge in [-0.1, -0.05) is 19.1 Å². The molecule has 0 spiro atoms. The summed E-state index contributed by atoms with van der Waals surface area (Å²) in [7, 11) is 0. The van der Waals surface area contributed by atoms with Crippen LogP contribution in [-0.4, -0.2) is 14.5 Å². The first kappa shape index (κ1) is 16.0. The highest BCUT2D eigenvalue weighted by molar-refractivity contribution is 7.80. The van der Waals surface area contributed by atoms with Gasteiger partial charge in [-0.15, -0.1) is 12.6 Å². The van der Waals surface area contributed by atoms with Crippen LogP contribution in [0.3, 0.4) is 0 Å². The molecule has 0 saturated carbocycles. The zero-order valence-corrected chi connectivity index (χ0v) is 13.9. The fraction of sp³-hybridized carbons (Fsp3) is 0.111. The van der Waals surface area contributed by atoms with Crippen molar-refractivity contribution in [1.82, 2.24) is 14.5 Å². The van der Waals surface area contributed by atoms with Crippen molar-refractivity contribution in [1.29, 1.82) is 5.26 Å². The van der Waals surface area contributed by atoms with Gasteiger partial charge in [0.1, 0.15) is 22.5 Å². The van der Waals surface area contributed by atoms with E-state index in [1.54, 1.807) is 18.5 Å². The number of nitriles is 1. The predicted molar refractivity (Wildman–Crippen MR) is 94.4 cm³/mol. The molecule has 0 atom stereocenters. The van der Waals surface area contributed by atoms with Gasteiger partial charge in [-0.2, -0.15) is 5.26 Å². The summed E-state index contributed by atoms with van der Waals surface area (Å²) in [5.41, 5.74) is 1.96. The van der Waals surface area contributed by atoms with Crippen LogP contribution in [0.4, 0.5) is 0 Å². The lowest BCUT2D eigenvalue weighted by molar-refractivity contribution is 0.892. The molecule has 1 aromatic carbocycles. The molecule has 0 radical (unpaired) electrons. The average molecular weight is 334 g/mol. The molecule has 0 amide bonds. The second kappa shape index (κ2) is 6.69. The summed E-state index contributed by atoms with van der Waals surface area (Å²) in [6, 6.07) is 13.1. The molecule has 3 rings (SSSR count). The molecule has 0 aliphatic heterocycles. The van der Waals surface area contributed by atoms with E-state index in [1.165, 1.54) is 4.57 Å². The number of thiol groups is 1. The Labute approximate surface area is 144 Å². The average Bonchev–Trinajstić information content (AvgIpc) is 2.62. The van der Waals surface area contributed by atoms with Crippen molar-refractivity contribution in [2.45, 2.75) is 18.4 Å². The van der Waals surface area contributed by atoms with Crippen molar-refractivity contribution >= 4 is 12.6 Å². The van der Waals surface area contributed by atoms with Crippen LogP contribution in [0.15, 0.2) is 58.6 Å². The summed E-state index contributed by atoms with van der Waals surface area (Å²) in [5.74, 6) is 0.404. The Hall–Kier alpha value is -2.91. The standard InChI is InChI=1S/C18H14N4OS/c1-2-12-5-7-14(8-6-12)22-16(13-4-3-9-20-11-13)21-17(24)15(10-19)18(22)23/h3-9,11,24H,2H2,1H3. The largest absolute Gasteiger partial charge is 0.277 e. The van der Waals surface area contributed by atoms with Crippen LogP contribution in [0.5, 0.6) is 0 Å². The SMILES string of the molecule is CCc1ccc(-n2c(-c3cccnc3)nc(S)c(C#N)c2=O)cc1. The highest BCUT2D eigenvalue weighted by Crippen LogP contribution is 2.21. The maximum atomic E-state index is 12.8. The number of hydrogen-bond donors (Lipinski definition) is 1. The van der Waals surface area contributed by atoms with Gasteiger partial charge in [0.2, 0.25) is 0 Å². The van der Waals surface area contributed by atoms with Crippen LogP contribution in [0.25, 0.3) is 17.1 Å². The van der Waals surface area contributed by atoms with Crippen LogP contribution >= 0.6 is 12.6 Å². The molecule has 118 valence electrons. The molecule has 6 heteroatoms. The summed E-state index contributed by atoms with van der Waals surface area (Å²) in [4.78, 5) is 21.2. The lowest BCUT2D eigenvalue weighted by Crippen LogP contribution is -2.25. The molecule has 0 saturated heterocycles. The van der Waals surface area contributed by atoms with Gasteiger partial charge in [-0.05, 0) is 36.2 Å². The minimum Gasteiger partial charge on any atom is -0.267 e. The van der Waals surface area contributed by atoms with E-state index in [0.29, 0.717) is 17.1 Å². The van der Waals surface area contributed by atoms with Gasteiger partial charge in [0.15, 0.2) is 0 Å². The highest BCUT2D eigenvalue weighted by Gasteiger charge is 2.17. The number of hydrogen-bond acceptors (Lipinski definition) is 5.